The fourth-order valence-corrected chi connectivity index (χ4v) is 11.8. The van der Waals surface area contributed by atoms with Crippen LogP contribution in [0.2, 0.25) is 18.1 Å². The number of hydrogen-bond donors (Lipinski definition) is 3. The van der Waals surface area contributed by atoms with E-state index in [0.717, 1.165) is 23.1 Å². The van der Waals surface area contributed by atoms with Crippen LogP contribution in [0.3, 0.4) is 0 Å². The van der Waals surface area contributed by atoms with Gasteiger partial charge in [0, 0.05) is 32.5 Å². The van der Waals surface area contributed by atoms with E-state index in [1.807, 2.05) is 0 Å². The lowest BCUT2D eigenvalue weighted by molar-refractivity contribution is -0.139. The van der Waals surface area contributed by atoms with Crippen LogP contribution in [0.15, 0.2) is 36.4 Å². The number of anilines is 2. The first-order valence-corrected chi connectivity index (χ1v) is 23.8. The molecule has 350 valence electrons. The molecule has 2 aromatic rings. The van der Waals surface area contributed by atoms with E-state index in [1.54, 1.807) is 13.8 Å². The van der Waals surface area contributed by atoms with E-state index in [0.29, 0.717) is 17.0 Å². The Hall–Kier alpha value is -4.74. The van der Waals surface area contributed by atoms with E-state index in [9.17, 15) is 60.8 Å². The number of imide groups is 2. The maximum Gasteiger partial charge on any atom is 0.417 e. The number of nitriles is 2. The van der Waals surface area contributed by atoms with Crippen LogP contribution in [-0.4, -0.2) is 95.1 Å². The van der Waals surface area contributed by atoms with Crippen molar-refractivity contribution in [3.8, 4) is 12.1 Å². The van der Waals surface area contributed by atoms with Crippen molar-refractivity contribution in [3.63, 3.8) is 0 Å². The Balaban J connectivity index is 0.000000198. The summed E-state index contributed by atoms with van der Waals surface area (Å²) >= 11 is 0. The lowest BCUT2D eigenvalue weighted by atomic mass is 9.66. The molecular weight excluding hydrogens is 887 g/mol. The summed E-state index contributed by atoms with van der Waals surface area (Å²) in [5, 5.41) is 48.7. The molecule has 0 aliphatic carbocycles. The topological polar surface area (TPSA) is 211 Å². The number of carbonyl (C=O) groups is 4. The number of halogens is 6. The lowest BCUT2D eigenvalue weighted by Crippen LogP contribution is -2.51. The Morgan fingerprint density at radius 2 is 1.22 bits per heavy atom. The third-order valence-corrected chi connectivity index (χ3v) is 19.4. The number of carbonyl (C=O) groups excluding carboxylic acids is 4. The highest BCUT2D eigenvalue weighted by Crippen LogP contribution is 2.64. The minimum Gasteiger partial charge on any atom is -0.417 e. The van der Waals surface area contributed by atoms with Gasteiger partial charge in [-0.05, 0) is 74.8 Å². The number of rotatable bonds is 8. The number of benzene rings is 2. The minimum atomic E-state index is -4.84. The average molecular weight is 935 g/mol. The summed E-state index contributed by atoms with van der Waals surface area (Å²) in [5.41, 5.74) is -9.37. The van der Waals surface area contributed by atoms with E-state index in [2.05, 4.69) is 33.9 Å². The molecule has 0 aromatic heterocycles. The van der Waals surface area contributed by atoms with Crippen LogP contribution in [0.5, 0.6) is 0 Å². The molecule has 10 atom stereocenters. The molecule has 6 aliphatic heterocycles. The molecule has 0 radical (unpaired) electrons. The first-order chi connectivity index (χ1) is 29.9. The zero-order chi connectivity index (χ0) is 48.4. The van der Waals surface area contributed by atoms with Crippen molar-refractivity contribution in [1.82, 2.24) is 0 Å². The first kappa shape index (κ1) is 48.2. The van der Waals surface area contributed by atoms with Crippen LogP contribution in [-0.2, 0) is 45.4 Å². The number of ether oxygens (including phenoxy) is 2. The van der Waals surface area contributed by atoms with E-state index in [1.165, 1.54) is 18.2 Å². The molecule has 0 saturated carbocycles. The zero-order valence-electron chi connectivity index (χ0n) is 36.4. The molecule has 6 aliphatic rings. The molecule has 4 bridgehead atoms. The second-order valence-electron chi connectivity index (χ2n) is 19.6. The number of nitrogens with zero attached hydrogens (tertiary/aromatic N) is 4. The standard InChI is InChI=1S/C25H31F3N2O5Si.C19H17F3N2O5/c1-22(2,3)36(5,6)34-10-9-24-12-17(31)23(4,35-24)18-19(24)21(33)30(20(18)32)15-8-7-14(13-29)16(11-15)25(26,27)28;1-17-7-12(26)18(29-17,4-5-25)14-13(17)15(27)24(16(14)28)10-3-2-9(8-23)11(6-10)19(20,21)22/h7-8,11,17-19,31H,9-10,12H2,1-6H3;2-3,6,12-14,25-26H,4-5,7H2,1H3/t17-,18-,19+,23-,24+;12-,13+,14-,17+,18-/m10/s1. The fourth-order valence-electron chi connectivity index (χ4n) is 10.7. The number of hydrogen-bond acceptors (Lipinski definition) is 12. The highest BCUT2D eigenvalue weighted by atomic mass is 28.4. The second-order valence-corrected chi connectivity index (χ2v) is 24.4. The Kier molecular flexibility index (Phi) is 11.4. The van der Waals surface area contributed by atoms with Crippen molar-refractivity contribution < 1.29 is 74.7 Å². The van der Waals surface area contributed by atoms with Gasteiger partial charge in [-0.25, -0.2) is 9.80 Å². The third kappa shape index (κ3) is 7.20. The Morgan fingerprint density at radius 3 is 1.68 bits per heavy atom. The third-order valence-electron chi connectivity index (χ3n) is 14.9. The van der Waals surface area contributed by atoms with Crippen LogP contribution in [0.4, 0.5) is 37.7 Å². The summed E-state index contributed by atoms with van der Waals surface area (Å²) < 4.78 is 99.0. The van der Waals surface area contributed by atoms with Gasteiger partial charge in [0.15, 0.2) is 8.32 Å². The highest BCUT2D eigenvalue weighted by Gasteiger charge is 2.78. The Labute approximate surface area is 370 Å². The second kappa shape index (κ2) is 15.4. The summed E-state index contributed by atoms with van der Waals surface area (Å²) in [4.78, 5) is 54.8. The van der Waals surface area contributed by atoms with Crippen molar-refractivity contribution in [1.29, 1.82) is 10.5 Å². The van der Waals surface area contributed by atoms with Gasteiger partial charge in [0.1, 0.15) is 11.2 Å². The number of fused-ring (bicyclic) bond motifs is 10. The number of aliphatic hydroxyl groups is 3. The molecule has 0 spiro atoms. The molecule has 0 unspecified atom stereocenters. The number of alkyl halides is 6. The first-order valence-electron chi connectivity index (χ1n) is 20.9. The molecule has 6 heterocycles. The van der Waals surface area contributed by atoms with Crippen molar-refractivity contribution >= 4 is 43.3 Å². The summed E-state index contributed by atoms with van der Waals surface area (Å²) in [6, 6.07) is 8.37. The smallest absolute Gasteiger partial charge is 0.417 e. The van der Waals surface area contributed by atoms with Crippen LogP contribution in [0, 0.1) is 46.3 Å². The zero-order valence-corrected chi connectivity index (χ0v) is 37.4. The van der Waals surface area contributed by atoms with Gasteiger partial charge in [0.05, 0.1) is 92.8 Å². The Morgan fingerprint density at radius 1 is 0.738 bits per heavy atom. The van der Waals surface area contributed by atoms with Crippen molar-refractivity contribution in [3.05, 3.63) is 58.7 Å². The normalized spacial score (nSPS) is 33.9. The van der Waals surface area contributed by atoms with Crippen LogP contribution in [0.25, 0.3) is 0 Å². The van der Waals surface area contributed by atoms with Crippen molar-refractivity contribution in [2.24, 2.45) is 23.7 Å². The van der Waals surface area contributed by atoms with E-state index in [-0.39, 0.29) is 48.7 Å². The molecule has 6 saturated heterocycles. The average Bonchev–Trinajstić information content (AvgIpc) is 3.95. The summed E-state index contributed by atoms with van der Waals surface area (Å²) in [5.74, 6) is -6.95. The monoisotopic (exact) mass is 934 g/mol. The molecule has 65 heavy (non-hydrogen) atoms. The van der Waals surface area contributed by atoms with Gasteiger partial charge in [-0.1, -0.05) is 20.8 Å². The van der Waals surface area contributed by atoms with Crippen LogP contribution >= 0.6 is 0 Å². The predicted molar refractivity (Wildman–Crippen MR) is 216 cm³/mol. The van der Waals surface area contributed by atoms with Crippen molar-refractivity contribution in [2.75, 3.05) is 23.0 Å². The van der Waals surface area contributed by atoms with Gasteiger partial charge in [0.2, 0.25) is 23.6 Å². The molecule has 8 rings (SSSR count). The van der Waals surface area contributed by atoms with Gasteiger partial charge < -0.3 is 29.2 Å². The van der Waals surface area contributed by atoms with E-state index < -0.39 is 131 Å². The molecule has 21 heteroatoms. The van der Waals surface area contributed by atoms with Gasteiger partial charge >= 0.3 is 12.4 Å². The van der Waals surface area contributed by atoms with Gasteiger partial charge in [-0.3, -0.25) is 19.2 Å². The summed E-state index contributed by atoms with van der Waals surface area (Å²) in [7, 11) is -2.12. The van der Waals surface area contributed by atoms with Gasteiger partial charge in [0.25, 0.3) is 0 Å². The van der Waals surface area contributed by atoms with Gasteiger partial charge in [-0.15, -0.1) is 0 Å². The van der Waals surface area contributed by atoms with E-state index >= 15 is 0 Å². The molecular formula is C44H48F6N4O10Si. The lowest BCUT2D eigenvalue weighted by Gasteiger charge is -2.38. The largest absolute Gasteiger partial charge is 0.417 e. The summed E-state index contributed by atoms with van der Waals surface area (Å²) in [6.07, 6.45) is -11.4. The van der Waals surface area contributed by atoms with Gasteiger partial charge in [-0.2, -0.15) is 36.9 Å². The van der Waals surface area contributed by atoms with E-state index in [4.69, 9.17) is 24.4 Å². The summed E-state index contributed by atoms with van der Waals surface area (Å²) in [6.45, 7) is 13.5. The van der Waals surface area contributed by atoms with Crippen molar-refractivity contribution in [2.45, 2.75) is 125 Å². The quantitative estimate of drug-likeness (QED) is 0.164. The highest BCUT2D eigenvalue weighted by molar-refractivity contribution is 6.74. The Bertz CT molecular complexity index is 2450. The maximum absolute atomic E-state index is 13.6. The van der Waals surface area contributed by atoms with Crippen LogP contribution < -0.4 is 9.80 Å². The number of amides is 4. The fraction of sp³-hybridized carbons (Fsp3) is 0.591. The molecule has 6 fully saturated rings. The molecule has 4 amide bonds. The SMILES string of the molecule is CC(C)(C)[Si](C)(C)OCC[C@@]12C[C@@H](O)[C@@](C)(O1)[C@H]1C(=O)N(c3ccc(C#N)c(C(F)(F)F)c3)C(=O)[C@H]12.C[C@]12C[C@H](O)[C@](CCO)(O1)[C@@H]1C(=O)N(c3ccc(C#N)c(C(F)(F)F)c3)C(=O)[C@@H]12. The predicted octanol–water partition coefficient (Wildman–Crippen LogP) is 5.74. The number of aliphatic hydroxyl groups excluding tert-OH is 3. The molecule has 3 N–H and O–H groups in total. The van der Waals surface area contributed by atoms with Crippen LogP contribution in [0.1, 0.15) is 82.6 Å². The molecule has 2 aromatic carbocycles. The molecule has 14 nitrogen and oxygen atoms in total. The minimum absolute atomic E-state index is 0.0465. The maximum atomic E-state index is 13.6.